The van der Waals surface area contributed by atoms with Crippen molar-refractivity contribution in [1.29, 1.82) is 0 Å². The lowest BCUT2D eigenvalue weighted by molar-refractivity contribution is -0.266. The average Bonchev–Trinajstić information content (AvgIpc) is 2.06. The van der Waals surface area contributed by atoms with E-state index in [4.69, 9.17) is 0 Å². The fourth-order valence-electron chi connectivity index (χ4n) is 0.867. The first kappa shape index (κ1) is 12.3. The number of ether oxygens (including phenoxy) is 1. The molecular formula is C9H7BrF4O. The molecular weight excluding hydrogens is 280 g/mol. The number of alkyl halides is 5. The molecule has 0 heterocycles. The van der Waals surface area contributed by atoms with Gasteiger partial charge in [0.1, 0.15) is 5.75 Å². The Morgan fingerprint density at radius 3 is 2.13 bits per heavy atom. The van der Waals surface area contributed by atoms with Gasteiger partial charge in [0.25, 0.3) is 0 Å². The van der Waals surface area contributed by atoms with Gasteiger partial charge in [-0.15, -0.1) is 0 Å². The largest absolute Gasteiger partial charge is 0.475 e. The number of benzene rings is 1. The van der Waals surface area contributed by atoms with Crippen molar-refractivity contribution in [3.63, 3.8) is 0 Å². The number of hydrogen-bond acceptors (Lipinski definition) is 1. The molecule has 15 heavy (non-hydrogen) atoms. The summed E-state index contributed by atoms with van der Waals surface area (Å²) in [6, 6.07) is 5.69. The number of hydrogen-bond donors (Lipinski definition) is 0. The second-order valence-electron chi connectivity index (χ2n) is 2.88. The summed E-state index contributed by atoms with van der Waals surface area (Å²) in [5.74, 6) is -0.276. The van der Waals surface area contributed by atoms with Crippen LogP contribution >= 0.6 is 15.9 Å². The van der Waals surface area contributed by atoms with Gasteiger partial charge in [-0.2, -0.15) is 17.6 Å². The molecule has 84 valence electrons. The summed E-state index contributed by atoms with van der Waals surface area (Å²) in [5.41, 5.74) is 0.355. The van der Waals surface area contributed by atoms with Crippen molar-refractivity contribution in [2.24, 2.45) is 0 Å². The van der Waals surface area contributed by atoms with Gasteiger partial charge in [-0.25, -0.2) is 0 Å². The summed E-state index contributed by atoms with van der Waals surface area (Å²) < 4.78 is 54.2. The van der Waals surface area contributed by atoms with Gasteiger partial charge in [-0.05, 0) is 18.6 Å². The first-order valence-electron chi connectivity index (χ1n) is 3.93. The van der Waals surface area contributed by atoms with E-state index in [1.165, 1.54) is 25.1 Å². The van der Waals surface area contributed by atoms with Gasteiger partial charge in [0.15, 0.2) is 0 Å². The van der Waals surface area contributed by atoms with E-state index in [-0.39, 0.29) is 5.75 Å². The SMILES string of the molecule is Cc1ccccc1OC(F)(F)C(F)(F)Br. The van der Waals surface area contributed by atoms with Crippen molar-refractivity contribution in [3.8, 4) is 5.75 Å². The molecule has 0 spiro atoms. The van der Waals surface area contributed by atoms with Crippen LogP contribution in [-0.4, -0.2) is 10.9 Å². The molecule has 0 radical (unpaired) electrons. The molecule has 1 rings (SSSR count). The van der Waals surface area contributed by atoms with Crippen LogP contribution in [0.4, 0.5) is 17.6 Å². The maximum Gasteiger partial charge on any atom is 0.475 e. The molecule has 0 bridgehead atoms. The minimum absolute atomic E-state index is 0.276. The van der Waals surface area contributed by atoms with E-state index >= 15 is 0 Å². The lowest BCUT2D eigenvalue weighted by atomic mass is 10.2. The highest BCUT2D eigenvalue weighted by atomic mass is 79.9. The molecule has 0 saturated carbocycles. The first-order chi connectivity index (χ1) is 6.74. The fraction of sp³-hybridized carbons (Fsp3) is 0.333. The zero-order valence-electron chi connectivity index (χ0n) is 7.61. The Morgan fingerprint density at radius 2 is 1.67 bits per heavy atom. The zero-order valence-corrected chi connectivity index (χ0v) is 9.19. The maximum absolute atomic E-state index is 12.8. The summed E-state index contributed by atoms with van der Waals surface area (Å²) in [6.07, 6.45) is -4.58. The number of aryl methyl sites for hydroxylation is 1. The van der Waals surface area contributed by atoms with Gasteiger partial charge in [-0.3, -0.25) is 0 Å². The predicted octanol–water partition coefficient (Wildman–Crippen LogP) is 3.95. The van der Waals surface area contributed by atoms with Gasteiger partial charge in [0, 0.05) is 15.9 Å². The van der Waals surface area contributed by atoms with E-state index in [1.54, 1.807) is 22.0 Å². The van der Waals surface area contributed by atoms with E-state index in [1.807, 2.05) is 0 Å². The topological polar surface area (TPSA) is 9.23 Å². The van der Waals surface area contributed by atoms with Crippen LogP contribution in [0, 0.1) is 6.92 Å². The second-order valence-corrected chi connectivity index (χ2v) is 3.88. The molecule has 1 nitrogen and oxygen atoms in total. The molecule has 0 aromatic heterocycles. The van der Waals surface area contributed by atoms with Gasteiger partial charge < -0.3 is 4.74 Å². The normalized spacial score (nSPS) is 12.7. The first-order valence-corrected chi connectivity index (χ1v) is 4.72. The second kappa shape index (κ2) is 4.00. The molecule has 0 fully saturated rings. The van der Waals surface area contributed by atoms with Crippen LogP contribution in [0.1, 0.15) is 5.56 Å². The third-order valence-electron chi connectivity index (χ3n) is 1.66. The summed E-state index contributed by atoms with van der Waals surface area (Å²) >= 11 is 1.57. The Morgan fingerprint density at radius 1 is 1.13 bits per heavy atom. The van der Waals surface area contributed by atoms with Crippen LogP contribution in [-0.2, 0) is 0 Å². The van der Waals surface area contributed by atoms with Gasteiger partial charge >= 0.3 is 10.9 Å². The van der Waals surface area contributed by atoms with Crippen molar-refractivity contribution in [2.75, 3.05) is 0 Å². The molecule has 0 N–H and O–H groups in total. The smallest absolute Gasteiger partial charge is 0.427 e. The monoisotopic (exact) mass is 286 g/mol. The van der Waals surface area contributed by atoms with Gasteiger partial charge in [0.05, 0.1) is 0 Å². The Hall–Kier alpha value is -0.780. The average molecular weight is 287 g/mol. The number of rotatable bonds is 3. The maximum atomic E-state index is 12.8. The molecule has 0 atom stereocenters. The Balaban J connectivity index is 2.92. The zero-order chi connectivity index (χ0) is 11.7. The molecule has 0 aliphatic carbocycles. The van der Waals surface area contributed by atoms with Crippen molar-refractivity contribution in [1.82, 2.24) is 0 Å². The Kier molecular flexibility index (Phi) is 3.28. The highest BCUT2D eigenvalue weighted by Gasteiger charge is 2.57. The summed E-state index contributed by atoms with van der Waals surface area (Å²) in [7, 11) is 0. The summed E-state index contributed by atoms with van der Waals surface area (Å²) in [5, 5.41) is 0. The molecule has 0 saturated heterocycles. The third-order valence-corrected chi connectivity index (χ3v) is 2.12. The van der Waals surface area contributed by atoms with E-state index in [2.05, 4.69) is 4.74 Å². The van der Waals surface area contributed by atoms with Crippen LogP contribution < -0.4 is 4.74 Å². The third kappa shape index (κ3) is 2.84. The molecule has 0 aliphatic heterocycles. The minimum atomic E-state index is -4.58. The van der Waals surface area contributed by atoms with Crippen molar-refractivity contribution >= 4 is 15.9 Å². The standard InChI is InChI=1S/C9H7BrF4O/c1-6-4-2-3-5-7(6)15-9(13,14)8(10,11)12/h2-5H,1H3. The van der Waals surface area contributed by atoms with Gasteiger partial charge in [0.2, 0.25) is 0 Å². The minimum Gasteiger partial charge on any atom is -0.427 e. The molecule has 1 aromatic carbocycles. The van der Waals surface area contributed by atoms with Gasteiger partial charge in [-0.1, -0.05) is 18.2 Å². The van der Waals surface area contributed by atoms with Crippen molar-refractivity contribution < 1.29 is 22.3 Å². The predicted molar refractivity (Wildman–Crippen MR) is 50.6 cm³/mol. The quantitative estimate of drug-likeness (QED) is 0.604. The number of halogens is 5. The van der Waals surface area contributed by atoms with E-state index in [9.17, 15) is 17.6 Å². The molecule has 0 amide bonds. The molecule has 0 aliphatic rings. The van der Waals surface area contributed by atoms with E-state index < -0.39 is 10.9 Å². The number of para-hydroxylation sites is 1. The van der Waals surface area contributed by atoms with Crippen LogP contribution in [0.5, 0.6) is 5.75 Å². The van der Waals surface area contributed by atoms with Crippen LogP contribution in [0.25, 0.3) is 0 Å². The lowest BCUT2D eigenvalue weighted by Gasteiger charge is -2.22. The van der Waals surface area contributed by atoms with Crippen LogP contribution in [0.2, 0.25) is 0 Å². The van der Waals surface area contributed by atoms with Crippen LogP contribution in [0.15, 0.2) is 24.3 Å². The highest BCUT2D eigenvalue weighted by Crippen LogP contribution is 2.41. The van der Waals surface area contributed by atoms with Crippen LogP contribution in [0.3, 0.4) is 0 Å². The molecule has 0 unspecified atom stereocenters. The lowest BCUT2D eigenvalue weighted by Crippen LogP contribution is -2.40. The molecule has 6 heteroatoms. The Bertz CT molecular complexity index is 348. The summed E-state index contributed by atoms with van der Waals surface area (Å²) in [6.45, 7) is 1.48. The summed E-state index contributed by atoms with van der Waals surface area (Å²) in [4.78, 5) is -4.40. The Labute approximate surface area is 92.2 Å². The highest BCUT2D eigenvalue weighted by molar-refractivity contribution is 9.10. The fourth-order valence-corrected chi connectivity index (χ4v) is 0.948. The van der Waals surface area contributed by atoms with E-state index in [0.717, 1.165) is 0 Å². The van der Waals surface area contributed by atoms with E-state index in [0.29, 0.717) is 5.56 Å². The molecule has 1 aromatic rings. The van der Waals surface area contributed by atoms with Crippen molar-refractivity contribution in [2.45, 2.75) is 17.9 Å². The van der Waals surface area contributed by atoms with Crippen molar-refractivity contribution in [3.05, 3.63) is 29.8 Å².